The molecule has 0 saturated carbocycles. The van der Waals surface area contributed by atoms with Crippen molar-refractivity contribution in [3.8, 4) is 22.6 Å². The van der Waals surface area contributed by atoms with E-state index in [9.17, 15) is 0 Å². The van der Waals surface area contributed by atoms with E-state index in [1.54, 1.807) is 0 Å². The standard InChI is InChI=1S/C31H31N9/c1-39-9-11-40(12-10-39)31-25-15-28(36-26(25)7-8-34-31)30-24-14-27(35-20-29(24)37-38-30)23-13-22(18-33-19-23)17-32-16-21-5-3-2-4-6-21/h2-8,13-15,18-20,32,36H,9-12,16-17H2,1H3,(H,37,38). The largest absolute Gasteiger partial charge is 0.353 e. The van der Waals surface area contributed by atoms with Gasteiger partial charge in [0.25, 0.3) is 0 Å². The SMILES string of the molecule is CN1CCN(c2nccc3[nH]c(-c4n[nH]c5cnc(-c6cncc(CNCc7ccccc7)c6)cc45)cc23)CC1. The number of hydrogen-bond donors (Lipinski definition) is 3. The molecule has 0 atom stereocenters. The highest BCUT2D eigenvalue weighted by atomic mass is 15.3. The van der Waals surface area contributed by atoms with E-state index in [0.29, 0.717) is 0 Å². The van der Waals surface area contributed by atoms with Crippen molar-refractivity contribution in [3.05, 3.63) is 90.5 Å². The van der Waals surface area contributed by atoms with Crippen LogP contribution in [0.2, 0.25) is 0 Å². The average Bonchev–Trinajstić information content (AvgIpc) is 3.62. The number of H-pyrrole nitrogens is 2. The predicted octanol–water partition coefficient (Wildman–Crippen LogP) is 4.60. The molecule has 0 aliphatic carbocycles. The van der Waals surface area contributed by atoms with Gasteiger partial charge in [0.2, 0.25) is 0 Å². The Morgan fingerprint density at radius 2 is 1.68 bits per heavy atom. The zero-order chi connectivity index (χ0) is 26.9. The normalized spacial score (nSPS) is 14.4. The van der Waals surface area contributed by atoms with Crippen LogP contribution in [0.5, 0.6) is 0 Å². The summed E-state index contributed by atoms with van der Waals surface area (Å²) in [6.07, 6.45) is 7.50. The molecule has 7 rings (SSSR count). The molecule has 1 saturated heterocycles. The fraction of sp³-hybridized carbons (Fsp3) is 0.226. The minimum Gasteiger partial charge on any atom is -0.353 e. The number of hydrogen-bond acceptors (Lipinski definition) is 7. The van der Waals surface area contributed by atoms with Crippen LogP contribution < -0.4 is 10.2 Å². The lowest BCUT2D eigenvalue weighted by molar-refractivity contribution is 0.312. The lowest BCUT2D eigenvalue weighted by atomic mass is 10.1. The number of nitrogens with zero attached hydrogens (tertiary/aromatic N) is 6. The zero-order valence-electron chi connectivity index (χ0n) is 22.4. The van der Waals surface area contributed by atoms with Crippen LogP contribution in [0.4, 0.5) is 5.82 Å². The average molecular weight is 530 g/mol. The molecular weight excluding hydrogens is 498 g/mol. The van der Waals surface area contributed by atoms with E-state index in [1.165, 1.54) is 5.56 Å². The van der Waals surface area contributed by atoms with Gasteiger partial charge < -0.3 is 20.1 Å². The van der Waals surface area contributed by atoms with Crippen LogP contribution in [0.15, 0.2) is 79.4 Å². The number of aromatic amines is 2. The maximum absolute atomic E-state index is 4.75. The van der Waals surface area contributed by atoms with Gasteiger partial charge in [-0.15, -0.1) is 0 Å². The monoisotopic (exact) mass is 529 g/mol. The third-order valence-electron chi connectivity index (χ3n) is 7.62. The first kappa shape index (κ1) is 24.4. The number of anilines is 1. The Hall–Kier alpha value is -4.60. The van der Waals surface area contributed by atoms with Gasteiger partial charge in [-0.25, -0.2) is 4.98 Å². The Morgan fingerprint density at radius 3 is 2.55 bits per heavy atom. The number of pyridine rings is 3. The van der Waals surface area contributed by atoms with Crippen molar-refractivity contribution in [2.45, 2.75) is 13.1 Å². The summed E-state index contributed by atoms with van der Waals surface area (Å²) in [4.78, 5) is 22.3. The maximum atomic E-state index is 4.75. The molecule has 0 bridgehead atoms. The zero-order valence-corrected chi connectivity index (χ0v) is 22.4. The first-order chi connectivity index (χ1) is 19.7. The predicted molar refractivity (Wildman–Crippen MR) is 159 cm³/mol. The molecule has 0 spiro atoms. The lowest BCUT2D eigenvalue weighted by Gasteiger charge is -2.33. The first-order valence-electron chi connectivity index (χ1n) is 13.7. The van der Waals surface area contributed by atoms with Gasteiger partial charge in [0.15, 0.2) is 0 Å². The van der Waals surface area contributed by atoms with Crippen LogP contribution in [0.3, 0.4) is 0 Å². The molecule has 1 aromatic carbocycles. The maximum Gasteiger partial charge on any atom is 0.138 e. The third kappa shape index (κ3) is 4.81. The summed E-state index contributed by atoms with van der Waals surface area (Å²) < 4.78 is 0. The summed E-state index contributed by atoms with van der Waals surface area (Å²) in [5, 5.41) is 13.5. The van der Waals surface area contributed by atoms with Crippen molar-refractivity contribution in [1.29, 1.82) is 0 Å². The van der Waals surface area contributed by atoms with E-state index >= 15 is 0 Å². The molecule has 6 heterocycles. The fourth-order valence-electron chi connectivity index (χ4n) is 5.39. The van der Waals surface area contributed by atoms with Gasteiger partial charge in [-0.3, -0.25) is 15.1 Å². The van der Waals surface area contributed by atoms with Crippen molar-refractivity contribution >= 4 is 27.6 Å². The summed E-state index contributed by atoms with van der Waals surface area (Å²) in [6, 6.07) is 18.9. The molecule has 9 nitrogen and oxygen atoms in total. The molecular formula is C31H31N9. The molecule has 0 unspecified atom stereocenters. The Bertz CT molecular complexity index is 1760. The molecule has 1 aliphatic rings. The Labute approximate surface area is 232 Å². The number of benzene rings is 1. The van der Waals surface area contributed by atoms with E-state index in [0.717, 1.165) is 95.1 Å². The van der Waals surface area contributed by atoms with Crippen molar-refractivity contribution < 1.29 is 0 Å². The highest BCUT2D eigenvalue weighted by Gasteiger charge is 2.20. The van der Waals surface area contributed by atoms with Crippen molar-refractivity contribution in [3.63, 3.8) is 0 Å². The van der Waals surface area contributed by atoms with Gasteiger partial charge >= 0.3 is 0 Å². The second-order valence-corrected chi connectivity index (χ2v) is 10.4. The van der Waals surface area contributed by atoms with Gasteiger partial charge in [0, 0.05) is 74.2 Å². The van der Waals surface area contributed by atoms with Crippen molar-refractivity contribution in [2.75, 3.05) is 38.1 Å². The summed E-state index contributed by atoms with van der Waals surface area (Å²) in [5.74, 6) is 1.03. The van der Waals surface area contributed by atoms with Crippen molar-refractivity contribution in [1.82, 2.24) is 40.3 Å². The lowest BCUT2D eigenvalue weighted by Crippen LogP contribution is -2.44. The second kappa shape index (κ2) is 10.5. The van der Waals surface area contributed by atoms with Crippen LogP contribution in [0.25, 0.3) is 44.5 Å². The van der Waals surface area contributed by atoms with Gasteiger partial charge in [0.1, 0.15) is 11.5 Å². The number of likely N-dealkylation sites (N-methyl/N-ethyl adjacent to an activating group) is 1. The van der Waals surface area contributed by atoms with Crippen LogP contribution in [-0.2, 0) is 13.1 Å². The quantitative estimate of drug-likeness (QED) is 0.278. The molecule has 1 fully saturated rings. The smallest absolute Gasteiger partial charge is 0.138 e. The topological polar surface area (TPSA) is 102 Å². The number of rotatable bonds is 7. The molecule has 40 heavy (non-hydrogen) atoms. The first-order valence-corrected chi connectivity index (χ1v) is 13.7. The second-order valence-electron chi connectivity index (χ2n) is 10.4. The highest BCUT2D eigenvalue weighted by Crippen LogP contribution is 2.33. The Morgan fingerprint density at radius 1 is 0.825 bits per heavy atom. The van der Waals surface area contributed by atoms with E-state index in [-0.39, 0.29) is 0 Å². The number of piperazine rings is 1. The minimum atomic E-state index is 0.730. The molecule has 0 radical (unpaired) electrons. The van der Waals surface area contributed by atoms with Gasteiger partial charge in [-0.2, -0.15) is 5.10 Å². The van der Waals surface area contributed by atoms with Gasteiger partial charge in [-0.1, -0.05) is 30.3 Å². The van der Waals surface area contributed by atoms with Crippen LogP contribution in [0, 0.1) is 0 Å². The number of nitrogens with one attached hydrogen (secondary N) is 3. The van der Waals surface area contributed by atoms with Crippen LogP contribution in [0.1, 0.15) is 11.1 Å². The summed E-state index contributed by atoms with van der Waals surface area (Å²) >= 11 is 0. The summed E-state index contributed by atoms with van der Waals surface area (Å²) in [7, 11) is 2.17. The molecule has 0 amide bonds. The summed E-state index contributed by atoms with van der Waals surface area (Å²) in [5.41, 5.74) is 7.99. The fourth-order valence-corrected chi connectivity index (χ4v) is 5.39. The van der Waals surface area contributed by atoms with E-state index in [1.807, 2.05) is 36.9 Å². The highest BCUT2D eigenvalue weighted by molar-refractivity contribution is 5.99. The van der Waals surface area contributed by atoms with Crippen LogP contribution in [-0.4, -0.2) is 68.3 Å². The van der Waals surface area contributed by atoms with Gasteiger partial charge in [0.05, 0.1) is 28.6 Å². The van der Waals surface area contributed by atoms with Gasteiger partial charge in [-0.05, 0) is 42.4 Å². The van der Waals surface area contributed by atoms with Crippen molar-refractivity contribution in [2.24, 2.45) is 0 Å². The Balaban J connectivity index is 1.17. The van der Waals surface area contributed by atoms with E-state index < -0.39 is 0 Å². The molecule has 3 N–H and O–H groups in total. The molecule has 6 aromatic rings. The van der Waals surface area contributed by atoms with Crippen LogP contribution >= 0.6 is 0 Å². The Kier molecular flexibility index (Phi) is 6.43. The molecule has 9 heteroatoms. The number of aromatic nitrogens is 6. The number of fused-ring (bicyclic) bond motifs is 2. The third-order valence-corrected chi connectivity index (χ3v) is 7.62. The molecule has 5 aromatic heterocycles. The minimum absolute atomic E-state index is 0.730. The van der Waals surface area contributed by atoms with E-state index in [4.69, 9.17) is 9.97 Å². The summed E-state index contributed by atoms with van der Waals surface area (Å²) in [6.45, 7) is 5.55. The molecule has 200 valence electrons. The molecule has 1 aliphatic heterocycles. The van der Waals surface area contributed by atoms with E-state index in [2.05, 4.69) is 84.8 Å².